The smallest absolute Gasteiger partial charge is 0.282 e. The molecule has 66 valence electrons. The summed E-state index contributed by atoms with van der Waals surface area (Å²) in [7, 11) is -4.00. The molecule has 1 aromatic heterocycles. The topological polar surface area (TPSA) is 54.4 Å². The van der Waals surface area contributed by atoms with Gasteiger partial charge in [0.15, 0.2) is 0 Å². The van der Waals surface area contributed by atoms with E-state index in [1.165, 1.54) is 17.4 Å². The van der Waals surface area contributed by atoms with Crippen LogP contribution in [0.3, 0.4) is 0 Å². The molecule has 0 aromatic carbocycles. The molecule has 0 aliphatic rings. The first-order valence-corrected chi connectivity index (χ1v) is 6.04. The fourth-order valence-corrected chi connectivity index (χ4v) is 2.31. The summed E-state index contributed by atoms with van der Waals surface area (Å²) in [4.78, 5) is 0.763. The third-order valence-electron chi connectivity index (χ3n) is 0.992. The van der Waals surface area contributed by atoms with Gasteiger partial charge in [0.2, 0.25) is 0 Å². The first kappa shape index (κ1) is 9.91. The molecule has 0 radical (unpaired) electrons. The molecule has 1 N–H and O–H groups in total. The summed E-state index contributed by atoms with van der Waals surface area (Å²) in [6.45, 7) is 0. The van der Waals surface area contributed by atoms with E-state index in [-0.39, 0.29) is 0 Å². The van der Waals surface area contributed by atoms with Crippen LogP contribution in [0.25, 0.3) is 6.08 Å². The molecule has 0 aliphatic heterocycles. The van der Waals surface area contributed by atoms with Crippen molar-refractivity contribution in [2.75, 3.05) is 0 Å². The Morgan fingerprint density at radius 3 is 2.67 bits per heavy atom. The minimum atomic E-state index is -4.00. The Kier molecular flexibility index (Phi) is 3.05. The Bertz CT molecular complexity index is 391. The highest BCUT2D eigenvalue weighted by molar-refractivity contribution is 9.10. The van der Waals surface area contributed by atoms with E-state index >= 15 is 0 Å². The molecule has 1 rings (SSSR count). The van der Waals surface area contributed by atoms with Crippen molar-refractivity contribution in [2.24, 2.45) is 0 Å². The first-order chi connectivity index (χ1) is 5.47. The largest absolute Gasteiger partial charge is 0.287 e. The zero-order valence-corrected chi connectivity index (χ0v) is 8.99. The molecule has 1 aromatic rings. The fourth-order valence-electron chi connectivity index (χ4n) is 0.569. The van der Waals surface area contributed by atoms with Gasteiger partial charge in [-0.25, -0.2) is 0 Å². The van der Waals surface area contributed by atoms with Gasteiger partial charge in [-0.2, -0.15) is 8.42 Å². The van der Waals surface area contributed by atoms with Crippen LogP contribution in [0.2, 0.25) is 0 Å². The Balaban J connectivity index is 2.84. The molecule has 0 amide bonds. The molecule has 1 heterocycles. The summed E-state index contributed by atoms with van der Waals surface area (Å²) in [5.74, 6) is 0. The summed E-state index contributed by atoms with van der Waals surface area (Å²) < 4.78 is 29.8. The summed E-state index contributed by atoms with van der Waals surface area (Å²) in [6, 6.07) is 1.76. The second-order valence-electron chi connectivity index (χ2n) is 1.99. The molecule has 0 fully saturated rings. The van der Waals surface area contributed by atoms with E-state index in [0.717, 1.165) is 14.8 Å². The van der Waals surface area contributed by atoms with Crippen LogP contribution in [0, 0.1) is 0 Å². The normalized spacial score (nSPS) is 12.5. The quantitative estimate of drug-likeness (QED) is 0.838. The lowest BCUT2D eigenvalue weighted by molar-refractivity contribution is 0.494. The van der Waals surface area contributed by atoms with Gasteiger partial charge >= 0.3 is 0 Å². The van der Waals surface area contributed by atoms with Crippen LogP contribution in [0.1, 0.15) is 4.88 Å². The lowest BCUT2D eigenvalue weighted by atomic mass is 10.5. The third kappa shape index (κ3) is 3.48. The average molecular weight is 269 g/mol. The van der Waals surface area contributed by atoms with Crippen LogP contribution >= 0.6 is 27.3 Å². The lowest BCUT2D eigenvalue weighted by Crippen LogP contribution is -1.88. The SMILES string of the molecule is O=S(=O)(O)C=Cc1cc(Br)cs1. The van der Waals surface area contributed by atoms with Gasteiger partial charge in [0, 0.05) is 14.7 Å². The fraction of sp³-hybridized carbons (Fsp3) is 0. The van der Waals surface area contributed by atoms with E-state index in [1.807, 2.05) is 5.38 Å². The third-order valence-corrected chi connectivity index (χ3v) is 3.13. The van der Waals surface area contributed by atoms with Crippen LogP contribution in [-0.2, 0) is 10.1 Å². The molecule has 0 saturated heterocycles. The monoisotopic (exact) mass is 268 g/mol. The second-order valence-corrected chi connectivity index (χ2v) is 5.15. The van der Waals surface area contributed by atoms with E-state index in [4.69, 9.17) is 4.55 Å². The van der Waals surface area contributed by atoms with Gasteiger partial charge in [0.05, 0.1) is 5.41 Å². The lowest BCUT2D eigenvalue weighted by Gasteiger charge is -1.82. The van der Waals surface area contributed by atoms with E-state index < -0.39 is 10.1 Å². The van der Waals surface area contributed by atoms with E-state index in [0.29, 0.717) is 0 Å². The van der Waals surface area contributed by atoms with Gasteiger partial charge in [-0.1, -0.05) is 0 Å². The highest BCUT2D eigenvalue weighted by Gasteiger charge is 1.97. The van der Waals surface area contributed by atoms with Crippen LogP contribution < -0.4 is 0 Å². The van der Waals surface area contributed by atoms with Gasteiger partial charge in [0.1, 0.15) is 0 Å². The van der Waals surface area contributed by atoms with Crippen molar-refractivity contribution in [2.45, 2.75) is 0 Å². The second kappa shape index (κ2) is 3.69. The molecule has 6 heteroatoms. The van der Waals surface area contributed by atoms with Crippen LogP contribution in [0.4, 0.5) is 0 Å². The number of hydrogen-bond acceptors (Lipinski definition) is 3. The number of halogens is 1. The molecule has 0 aliphatic carbocycles. The first-order valence-electron chi connectivity index (χ1n) is 2.87. The van der Waals surface area contributed by atoms with Crippen LogP contribution in [0.15, 0.2) is 21.3 Å². The van der Waals surface area contributed by atoms with Crippen molar-refractivity contribution in [3.63, 3.8) is 0 Å². The van der Waals surface area contributed by atoms with Crippen molar-refractivity contribution < 1.29 is 13.0 Å². The highest BCUT2D eigenvalue weighted by Crippen LogP contribution is 2.20. The van der Waals surface area contributed by atoms with Crippen molar-refractivity contribution in [3.05, 3.63) is 26.2 Å². The van der Waals surface area contributed by atoms with Crippen molar-refractivity contribution in [1.29, 1.82) is 0 Å². The van der Waals surface area contributed by atoms with Gasteiger partial charge in [-0.3, -0.25) is 4.55 Å². The van der Waals surface area contributed by atoms with Gasteiger partial charge in [0.25, 0.3) is 10.1 Å². The molecular weight excluding hydrogens is 264 g/mol. The zero-order chi connectivity index (χ0) is 9.19. The maximum absolute atomic E-state index is 10.3. The Hall–Kier alpha value is -0.170. The van der Waals surface area contributed by atoms with Gasteiger partial charge in [-0.15, -0.1) is 11.3 Å². The summed E-state index contributed by atoms with van der Waals surface area (Å²) in [5.41, 5.74) is 0. The van der Waals surface area contributed by atoms with Crippen LogP contribution in [0.5, 0.6) is 0 Å². The summed E-state index contributed by atoms with van der Waals surface area (Å²) in [6.07, 6.45) is 1.34. The molecule has 12 heavy (non-hydrogen) atoms. The van der Waals surface area contributed by atoms with E-state index in [1.54, 1.807) is 6.07 Å². The minimum Gasteiger partial charge on any atom is -0.282 e. The number of thiophene rings is 1. The molecule has 0 atom stereocenters. The van der Waals surface area contributed by atoms with Gasteiger partial charge < -0.3 is 0 Å². The minimum absolute atomic E-state index is 0.755. The standard InChI is InChI=1S/C6H5BrO3S2/c7-5-3-6(11-4-5)1-2-12(8,9)10/h1-4H,(H,8,9,10). The molecule has 0 bridgehead atoms. The zero-order valence-electron chi connectivity index (χ0n) is 5.77. The Morgan fingerprint density at radius 1 is 1.58 bits per heavy atom. The van der Waals surface area contributed by atoms with E-state index in [2.05, 4.69) is 15.9 Å². The van der Waals surface area contributed by atoms with Gasteiger partial charge in [-0.05, 0) is 28.1 Å². The van der Waals surface area contributed by atoms with Crippen molar-refractivity contribution >= 4 is 43.5 Å². The molecule has 0 spiro atoms. The average Bonchev–Trinajstić information content (AvgIpc) is 2.30. The summed E-state index contributed by atoms with van der Waals surface area (Å²) in [5, 5.41) is 2.58. The van der Waals surface area contributed by atoms with E-state index in [9.17, 15) is 8.42 Å². The predicted octanol–water partition coefficient (Wildman–Crippen LogP) is 2.37. The number of rotatable bonds is 2. The molecule has 3 nitrogen and oxygen atoms in total. The van der Waals surface area contributed by atoms with Crippen molar-refractivity contribution in [3.8, 4) is 0 Å². The van der Waals surface area contributed by atoms with Crippen molar-refractivity contribution in [1.82, 2.24) is 0 Å². The maximum Gasteiger partial charge on any atom is 0.287 e. The molecule has 0 saturated carbocycles. The molecule has 0 unspecified atom stereocenters. The molecular formula is C6H5BrO3S2. The predicted molar refractivity (Wildman–Crippen MR) is 52.6 cm³/mol. The maximum atomic E-state index is 10.3. The Morgan fingerprint density at radius 2 is 2.25 bits per heavy atom. The Labute approximate surface area is 82.6 Å². The van der Waals surface area contributed by atoms with Crippen LogP contribution in [-0.4, -0.2) is 13.0 Å². The number of hydrogen-bond donors (Lipinski definition) is 1. The summed E-state index contributed by atoms with van der Waals surface area (Å²) >= 11 is 4.60. The highest BCUT2D eigenvalue weighted by atomic mass is 79.9.